The third kappa shape index (κ3) is 3.96. The molecule has 2 saturated heterocycles. The molecule has 4 amide bonds. The Morgan fingerprint density at radius 1 is 1.15 bits per heavy atom. The van der Waals surface area contributed by atoms with Crippen molar-refractivity contribution in [2.45, 2.75) is 18.9 Å². The molecule has 0 aliphatic carbocycles. The molecule has 0 spiro atoms. The van der Waals surface area contributed by atoms with Gasteiger partial charge in [0, 0.05) is 31.8 Å². The number of likely N-dealkylation sites (tertiary alicyclic amines) is 1. The number of ether oxygens (including phenoxy) is 2. The molecule has 26 heavy (non-hydrogen) atoms. The summed E-state index contributed by atoms with van der Waals surface area (Å²) in [5, 5.41) is 2.54. The molecule has 0 bridgehead atoms. The second kappa shape index (κ2) is 8.18. The van der Waals surface area contributed by atoms with E-state index in [0.717, 1.165) is 0 Å². The first-order valence-electron chi connectivity index (χ1n) is 8.71. The monoisotopic (exact) mass is 361 g/mol. The zero-order valence-electron chi connectivity index (χ0n) is 14.8. The first-order chi connectivity index (χ1) is 12.6. The van der Waals surface area contributed by atoms with E-state index in [9.17, 15) is 14.4 Å². The number of imide groups is 1. The molecule has 2 aliphatic rings. The van der Waals surface area contributed by atoms with E-state index in [1.54, 1.807) is 36.3 Å². The maximum Gasteiger partial charge on any atom is 0.324 e. The molecule has 0 radical (unpaired) electrons. The van der Waals surface area contributed by atoms with Gasteiger partial charge in [-0.25, -0.2) is 4.79 Å². The minimum absolute atomic E-state index is 0.0518. The highest BCUT2D eigenvalue weighted by Gasteiger charge is 2.37. The van der Waals surface area contributed by atoms with Crippen molar-refractivity contribution in [1.82, 2.24) is 15.1 Å². The number of amides is 4. The second-order valence-corrected chi connectivity index (χ2v) is 6.31. The van der Waals surface area contributed by atoms with Crippen LogP contribution in [-0.2, 0) is 9.53 Å². The lowest BCUT2D eigenvalue weighted by molar-refractivity contribution is -0.127. The average molecular weight is 361 g/mol. The standard InChI is InChI=1S/C18H23N3O5/c1-25-10-11-26-15-4-2-13(3-5-15)17(23)20-8-6-14(7-9-20)21-16(22)12-19-18(21)24/h2-5,14H,6-12H2,1H3,(H,19,24). The highest BCUT2D eigenvalue weighted by molar-refractivity contribution is 6.02. The Balaban J connectivity index is 1.53. The van der Waals surface area contributed by atoms with E-state index in [1.165, 1.54) is 4.90 Å². The Bertz CT molecular complexity index is 652. The molecule has 140 valence electrons. The van der Waals surface area contributed by atoms with Gasteiger partial charge < -0.3 is 19.7 Å². The summed E-state index contributed by atoms with van der Waals surface area (Å²) in [6, 6.07) is 6.56. The van der Waals surface area contributed by atoms with Crippen LogP contribution in [0.5, 0.6) is 5.75 Å². The van der Waals surface area contributed by atoms with Crippen molar-refractivity contribution in [2.75, 3.05) is 40.0 Å². The van der Waals surface area contributed by atoms with E-state index >= 15 is 0 Å². The number of benzene rings is 1. The molecule has 2 heterocycles. The molecule has 1 aromatic carbocycles. The van der Waals surface area contributed by atoms with Crippen molar-refractivity contribution in [3.63, 3.8) is 0 Å². The Morgan fingerprint density at radius 3 is 2.42 bits per heavy atom. The molecule has 1 N–H and O–H groups in total. The number of carbonyl (C=O) groups is 3. The van der Waals surface area contributed by atoms with Crippen molar-refractivity contribution >= 4 is 17.8 Å². The molecule has 8 nitrogen and oxygen atoms in total. The van der Waals surface area contributed by atoms with Gasteiger partial charge in [-0.3, -0.25) is 14.5 Å². The normalized spacial score (nSPS) is 18.2. The number of hydrogen-bond acceptors (Lipinski definition) is 5. The maximum atomic E-state index is 12.6. The van der Waals surface area contributed by atoms with Gasteiger partial charge in [0.25, 0.3) is 5.91 Å². The molecule has 0 unspecified atom stereocenters. The Labute approximate surface area is 152 Å². The summed E-state index contributed by atoms with van der Waals surface area (Å²) in [6.07, 6.45) is 1.20. The zero-order chi connectivity index (χ0) is 18.5. The molecule has 1 aromatic rings. The highest BCUT2D eigenvalue weighted by Crippen LogP contribution is 2.21. The predicted molar refractivity (Wildman–Crippen MR) is 93.0 cm³/mol. The minimum atomic E-state index is -0.330. The Kier molecular flexibility index (Phi) is 5.72. The summed E-state index contributed by atoms with van der Waals surface area (Å²) in [4.78, 5) is 39.2. The molecule has 0 aromatic heterocycles. The molecular formula is C18H23N3O5. The largest absolute Gasteiger partial charge is 0.491 e. The van der Waals surface area contributed by atoms with E-state index in [4.69, 9.17) is 9.47 Å². The zero-order valence-corrected chi connectivity index (χ0v) is 14.8. The number of nitrogens with zero attached hydrogens (tertiary/aromatic N) is 2. The molecule has 3 rings (SSSR count). The average Bonchev–Trinajstić information content (AvgIpc) is 3.00. The number of nitrogens with one attached hydrogen (secondary N) is 1. The lowest BCUT2D eigenvalue weighted by atomic mass is 10.0. The Morgan fingerprint density at radius 2 is 1.85 bits per heavy atom. The first-order valence-corrected chi connectivity index (χ1v) is 8.71. The fourth-order valence-electron chi connectivity index (χ4n) is 3.25. The number of rotatable bonds is 6. The predicted octanol–water partition coefficient (Wildman–Crippen LogP) is 0.868. The van der Waals surface area contributed by atoms with Crippen LogP contribution >= 0.6 is 0 Å². The fraction of sp³-hybridized carbons (Fsp3) is 0.500. The van der Waals surface area contributed by atoms with Crippen LogP contribution < -0.4 is 10.1 Å². The van der Waals surface area contributed by atoms with Gasteiger partial charge in [-0.05, 0) is 37.1 Å². The van der Waals surface area contributed by atoms with Crippen molar-refractivity contribution in [1.29, 1.82) is 0 Å². The van der Waals surface area contributed by atoms with Crippen LogP contribution in [0.2, 0.25) is 0 Å². The number of urea groups is 1. The number of methoxy groups -OCH3 is 1. The van der Waals surface area contributed by atoms with Crippen LogP contribution in [-0.4, -0.2) is 73.6 Å². The first kappa shape index (κ1) is 18.2. The minimum Gasteiger partial charge on any atom is -0.491 e. The van der Waals surface area contributed by atoms with Gasteiger partial charge in [0.05, 0.1) is 13.2 Å². The Hall–Kier alpha value is -2.61. The fourth-order valence-corrected chi connectivity index (χ4v) is 3.25. The quantitative estimate of drug-likeness (QED) is 0.600. The van der Waals surface area contributed by atoms with E-state index in [0.29, 0.717) is 50.5 Å². The van der Waals surface area contributed by atoms with Gasteiger partial charge in [0.15, 0.2) is 0 Å². The van der Waals surface area contributed by atoms with E-state index in [-0.39, 0.29) is 30.4 Å². The summed E-state index contributed by atoms with van der Waals surface area (Å²) in [7, 11) is 1.61. The van der Waals surface area contributed by atoms with Crippen molar-refractivity contribution < 1.29 is 23.9 Å². The molecule has 2 fully saturated rings. The van der Waals surface area contributed by atoms with Gasteiger partial charge in [0.2, 0.25) is 5.91 Å². The van der Waals surface area contributed by atoms with Crippen LogP contribution in [0, 0.1) is 0 Å². The lowest BCUT2D eigenvalue weighted by Crippen LogP contribution is -2.49. The number of carbonyl (C=O) groups excluding carboxylic acids is 3. The number of hydrogen-bond donors (Lipinski definition) is 1. The number of piperidine rings is 1. The van der Waals surface area contributed by atoms with E-state index in [1.807, 2.05) is 0 Å². The maximum absolute atomic E-state index is 12.6. The van der Waals surface area contributed by atoms with Crippen LogP contribution in [0.15, 0.2) is 24.3 Å². The van der Waals surface area contributed by atoms with Gasteiger partial charge in [-0.15, -0.1) is 0 Å². The third-order valence-electron chi connectivity index (χ3n) is 4.65. The molecular weight excluding hydrogens is 338 g/mol. The lowest BCUT2D eigenvalue weighted by Gasteiger charge is -2.35. The third-order valence-corrected chi connectivity index (χ3v) is 4.65. The van der Waals surface area contributed by atoms with Crippen LogP contribution in [0.1, 0.15) is 23.2 Å². The van der Waals surface area contributed by atoms with Crippen molar-refractivity contribution in [3.8, 4) is 5.75 Å². The molecule has 0 saturated carbocycles. The topological polar surface area (TPSA) is 88.2 Å². The highest BCUT2D eigenvalue weighted by atomic mass is 16.5. The second-order valence-electron chi connectivity index (χ2n) is 6.31. The molecule has 8 heteroatoms. The van der Waals surface area contributed by atoms with Gasteiger partial charge >= 0.3 is 6.03 Å². The van der Waals surface area contributed by atoms with Crippen molar-refractivity contribution in [2.24, 2.45) is 0 Å². The molecule has 2 aliphatic heterocycles. The summed E-state index contributed by atoms with van der Waals surface area (Å²) < 4.78 is 10.4. The van der Waals surface area contributed by atoms with Crippen LogP contribution in [0.25, 0.3) is 0 Å². The van der Waals surface area contributed by atoms with Crippen LogP contribution in [0.3, 0.4) is 0 Å². The SMILES string of the molecule is COCCOc1ccc(C(=O)N2CCC(N3C(=O)CNC3=O)CC2)cc1. The van der Waals surface area contributed by atoms with Gasteiger partial charge in [0.1, 0.15) is 12.4 Å². The summed E-state index contributed by atoms with van der Waals surface area (Å²) in [6.45, 7) is 2.07. The van der Waals surface area contributed by atoms with E-state index < -0.39 is 0 Å². The summed E-state index contributed by atoms with van der Waals surface area (Å²) >= 11 is 0. The summed E-state index contributed by atoms with van der Waals surface area (Å²) in [5.41, 5.74) is 0.595. The van der Waals surface area contributed by atoms with E-state index in [2.05, 4.69) is 5.32 Å². The van der Waals surface area contributed by atoms with Crippen molar-refractivity contribution in [3.05, 3.63) is 29.8 Å². The summed E-state index contributed by atoms with van der Waals surface area (Å²) in [5.74, 6) is 0.448. The smallest absolute Gasteiger partial charge is 0.324 e. The van der Waals surface area contributed by atoms with Gasteiger partial charge in [-0.1, -0.05) is 0 Å². The van der Waals surface area contributed by atoms with Gasteiger partial charge in [-0.2, -0.15) is 0 Å². The molecule has 0 atom stereocenters. The van der Waals surface area contributed by atoms with Crippen LogP contribution in [0.4, 0.5) is 4.79 Å².